The summed E-state index contributed by atoms with van der Waals surface area (Å²) >= 11 is 0. The van der Waals surface area contributed by atoms with Gasteiger partial charge in [-0.3, -0.25) is 14.3 Å². The third kappa shape index (κ3) is 5.46. The number of ether oxygens (including phenoxy) is 1. The lowest BCUT2D eigenvalue weighted by molar-refractivity contribution is -0.137. The van der Waals surface area contributed by atoms with E-state index in [1.54, 1.807) is 35.4 Å². The number of pyridine rings is 1. The molecule has 0 aliphatic carbocycles. The van der Waals surface area contributed by atoms with Crippen LogP contribution in [0.1, 0.15) is 47.4 Å². The minimum Gasteiger partial charge on any atom is -0.373 e. The average molecular weight is 448 g/mol. The van der Waals surface area contributed by atoms with Gasteiger partial charge in [0.25, 0.3) is 5.91 Å². The summed E-state index contributed by atoms with van der Waals surface area (Å²) < 4.78 is 7.67. The number of carbonyl (C=O) groups excluding carboxylic acids is 2. The lowest BCUT2D eigenvalue weighted by atomic mass is 9.95. The maximum Gasteiger partial charge on any atom is 0.256 e. The fourth-order valence-electron chi connectivity index (χ4n) is 4.20. The molecule has 33 heavy (non-hydrogen) atoms. The lowest BCUT2D eigenvalue weighted by Crippen LogP contribution is -2.45. The Balaban J connectivity index is 1.40. The van der Waals surface area contributed by atoms with Gasteiger partial charge in [0.1, 0.15) is 12.4 Å². The molecule has 3 heterocycles. The molecule has 1 aliphatic rings. The minimum atomic E-state index is -0.202. The summed E-state index contributed by atoms with van der Waals surface area (Å²) in [6, 6.07) is 13.1. The molecule has 2 amide bonds. The van der Waals surface area contributed by atoms with E-state index in [9.17, 15) is 9.59 Å². The topological polar surface area (TPSA) is 89.4 Å². The van der Waals surface area contributed by atoms with E-state index in [0.29, 0.717) is 24.5 Å². The maximum atomic E-state index is 12.9. The quantitative estimate of drug-likeness (QED) is 0.598. The van der Waals surface area contributed by atoms with Crippen molar-refractivity contribution in [2.45, 2.75) is 45.4 Å². The van der Waals surface area contributed by atoms with Crippen LogP contribution >= 0.6 is 0 Å². The Bertz CT molecular complexity index is 1080. The third-order valence-electron chi connectivity index (χ3n) is 6.00. The molecule has 1 fully saturated rings. The maximum absolute atomic E-state index is 12.9. The van der Waals surface area contributed by atoms with E-state index in [-0.39, 0.29) is 30.5 Å². The highest BCUT2D eigenvalue weighted by Gasteiger charge is 2.30. The smallest absolute Gasteiger partial charge is 0.256 e. The summed E-state index contributed by atoms with van der Waals surface area (Å²) in [4.78, 5) is 31.6. The third-order valence-corrected chi connectivity index (χ3v) is 6.00. The molecule has 0 unspecified atom stereocenters. The van der Waals surface area contributed by atoms with E-state index in [2.05, 4.69) is 15.4 Å². The van der Waals surface area contributed by atoms with E-state index in [0.717, 1.165) is 24.0 Å². The van der Waals surface area contributed by atoms with Crippen molar-refractivity contribution in [1.29, 1.82) is 0 Å². The summed E-state index contributed by atoms with van der Waals surface area (Å²) in [5.41, 5.74) is 2.47. The molecule has 2 aromatic heterocycles. The molecule has 3 aromatic rings. The number of likely N-dealkylation sites (N-methyl/N-ethyl adjacent to an activating group) is 1. The van der Waals surface area contributed by atoms with Crippen molar-refractivity contribution in [3.8, 4) is 0 Å². The van der Waals surface area contributed by atoms with Gasteiger partial charge in [-0.1, -0.05) is 18.2 Å². The van der Waals surface area contributed by atoms with Gasteiger partial charge in [-0.05, 0) is 62.1 Å². The number of nitrogens with zero attached hydrogens (tertiary/aromatic N) is 4. The zero-order valence-electron chi connectivity index (χ0n) is 19.0. The van der Waals surface area contributed by atoms with Crippen LogP contribution < -0.4 is 5.32 Å². The number of aromatic nitrogens is 3. The highest BCUT2D eigenvalue weighted by Crippen LogP contribution is 2.31. The van der Waals surface area contributed by atoms with Crippen molar-refractivity contribution < 1.29 is 14.3 Å². The molecule has 1 aromatic carbocycles. The number of benzene rings is 1. The van der Waals surface area contributed by atoms with Crippen molar-refractivity contribution in [3.05, 3.63) is 77.7 Å². The van der Waals surface area contributed by atoms with Gasteiger partial charge in [-0.2, -0.15) is 5.10 Å². The molecule has 0 spiro atoms. The van der Waals surface area contributed by atoms with Crippen molar-refractivity contribution in [2.24, 2.45) is 0 Å². The van der Waals surface area contributed by atoms with Crippen LogP contribution in [0.4, 0.5) is 5.82 Å². The van der Waals surface area contributed by atoms with Crippen LogP contribution in [0.5, 0.6) is 0 Å². The molecular formula is C25H29N5O3. The van der Waals surface area contributed by atoms with E-state index in [4.69, 9.17) is 4.74 Å². The van der Waals surface area contributed by atoms with Crippen molar-refractivity contribution in [2.75, 3.05) is 18.5 Å². The van der Waals surface area contributed by atoms with Gasteiger partial charge in [-0.15, -0.1) is 0 Å². The minimum absolute atomic E-state index is 0.0590. The zero-order valence-corrected chi connectivity index (χ0v) is 19.0. The van der Waals surface area contributed by atoms with Crippen LogP contribution in [0.3, 0.4) is 0 Å². The van der Waals surface area contributed by atoms with Crippen LogP contribution in [0.15, 0.2) is 61.1 Å². The number of nitrogens with one attached hydrogen (secondary N) is 1. The standard InChI is InChI=1S/C25H29N5O3/c1-3-30(23(31)17-29-14-5-13-27-29)21-11-15-33-22(16-21)19-7-9-20(10-8-19)25(32)28-24-18(2)6-4-12-26-24/h4-10,12-14,21-22H,3,11,15-17H2,1-2H3,(H,26,28,32)/t21-,22+/m1/s1. The number of carbonyl (C=O) groups is 2. The first-order valence-electron chi connectivity index (χ1n) is 11.3. The largest absolute Gasteiger partial charge is 0.373 e. The van der Waals surface area contributed by atoms with Gasteiger partial charge in [0, 0.05) is 43.3 Å². The highest BCUT2D eigenvalue weighted by molar-refractivity contribution is 6.04. The van der Waals surface area contributed by atoms with Crippen LogP contribution in [0.25, 0.3) is 0 Å². The SMILES string of the molecule is CCN(C(=O)Cn1cccn1)[C@@H]1CCO[C@H](c2ccc(C(=O)Nc3ncccc3C)cc2)C1. The highest BCUT2D eigenvalue weighted by atomic mass is 16.5. The Morgan fingerprint density at radius 3 is 2.70 bits per heavy atom. The first-order chi connectivity index (χ1) is 16.0. The van der Waals surface area contributed by atoms with E-state index < -0.39 is 0 Å². The summed E-state index contributed by atoms with van der Waals surface area (Å²) in [6.07, 6.45) is 6.53. The second-order valence-electron chi connectivity index (χ2n) is 8.17. The van der Waals surface area contributed by atoms with Gasteiger partial charge in [-0.25, -0.2) is 4.98 Å². The van der Waals surface area contributed by atoms with Crippen LogP contribution in [-0.2, 0) is 16.1 Å². The molecule has 4 rings (SSSR count). The Morgan fingerprint density at radius 2 is 2.00 bits per heavy atom. The van der Waals surface area contributed by atoms with Gasteiger partial charge in [0.15, 0.2) is 0 Å². The van der Waals surface area contributed by atoms with Gasteiger partial charge in [0.2, 0.25) is 5.91 Å². The Morgan fingerprint density at radius 1 is 1.18 bits per heavy atom. The van der Waals surface area contributed by atoms with Gasteiger partial charge in [0.05, 0.1) is 6.10 Å². The van der Waals surface area contributed by atoms with Gasteiger partial charge >= 0.3 is 0 Å². The van der Waals surface area contributed by atoms with E-state index in [1.807, 2.05) is 49.1 Å². The molecule has 0 bridgehead atoms. The number of rotatable bonds is 7. The summed E-state index contributed by atoms with van der Waals surface area (Å²) in [5, 5.41) is 6.99. The average Bonchev–Trinajstić information content (AvgIpc) is 3.34. The lowest BCUT2D eigenvalue weighted by Gasteiger charge is -2.37. The monoisotopic (exact) mass is 447 g/mol. The van der Waals surface area contributed by atoms with E-state index >= 15 is 0 Å². The van der Waals surface area contributed by atoms with Gasteiger partial charge < -0.3 is 15.0 Å². The summed E-state index contributed by atoms with van der Waals surface area (Å²) in [5.74, 6) is 0.417. The van der Waals surface area contributed by atoms with Crippen molar-refractivity contribution in [3.63, 3.8) is 0 Å². The normalized spacial score (nSPS) is 18.0. The number of hydrogen-bond acceptors (Lipinski definition) is 5. The second-order valence-corrected chi connectivity index (χ2v) is 8.17. The number of hydrogen-bond donors (Lipinski definition) is 1. The molecule has 2 atom stereocenters. The number of anilines is 1. The van der Waals surface area contributed by atoms with Crippen molar-refractivity contribution >= 4 is 17.6 Å². The van der Waals surface area contributed by atoms with Crippen LogP contribution in [0, 0.1) is 6.92 Å². The fraction of sp³-hybridized carbons (Fsp3) is 0.360. The van der Waals surface area contributed by atoms with Crippen LogP contribution in [-0.4, -0.2) is 50.7 Å². The Hall–Kier alpha value is -3.52. The van der Waals surface area contributed by atoms with Crippen LogP contribution in [0.2, 0.25) is 0 Å². The molecule has 0 radical (unpaired) electrons. The molecule has 1 N–H and O–H groups in total. The number of aryl methyl sites for hydroxylation is 1. The predicted octanol–water partition coefficient (Wildman–Crippen LogP) is 3.61. The number of amides is 2. The second kappa shape index (κ2) is 10.4. The zero-order chi connectivity index (χ0) is 23.2. The molecule has 8 heteroatoms. The van der Waals surface area contributed by atoms with E-state index in [1.165, 1.54) is 0 Å². The molecule has 1 saturated heterocycles. The molecule has 1 aliphatic heterocycles. The van der Waals surface area contributed by atoms with Crippen molar-refractivity contribution in [1.82, 2.24) is 19.7 Å². The summed E-state index contributed by atoms with van der Waals surface area (Å²) in [6.45, 7) is 5.37. The molecule has 172 valence electrons. The Kier molecular flexibility index (Phi) is 7.14. The molecule has 0 saturated carbocycles. The Labute approximate surface area is 193 Å². The molecule has 8 nitrogen and oxygen atoms in total. The predicted molar refractivity (Wildman–Crippen MR) is 125 cm³/mol. The fourth-order valence-corrected chi connectivity index (χ4v) is 4.20. The molecular weight excluding hydrogens is 418 g/mol. The first kappa shape index (κ1) is 22.7. The summed E-state index contributed by atoms with van der Waals surface area (Å²) in [7, 11) is 0. The first-order valence-corrected chi connectivity index (χ1v) is 11.3.